The number of amides is 2. The van der Waals surface area contributed by atoms with Crippen LogP contribution in [0.15, 0.2) is 42.5 Å². The van der Waals surface area contributed by atoms with Crippen molar-refractivity contribution in [2.75, 3.05) is 26.2 Å². The summed E-state index contributed by atoms with van der Waals surface area (Å²) < 4.78 is 19.4. The summed E-state index contributed by atoms with van der Waals surface area (Å²) in [5.41, 5.74) is 6.49. The molecule has 26 heavy (non-hydrogen) atoms. The van der Waals surface area contributed by atoms with Crippen LogP contribution in [0.2, 0.25) is 0 Å². The second-order valence-corrected chi connectivity index (χ2v) is 6.01. The zero-order chi connectivity index (χ0) is 18.5. The maximum absolute atomic E-state index is 14.0. The number of nitrogens with one attached hydrogen (secondary N) is 1. The number of piperazine rings is 1. The van der Waals surface area contributed by atoms with Gasteiger partial charge < -0.3 is 20.7 Å². The highest BCUT2D eigenvalue weighted by molar-refractivity contribution is 5.95. The monoisotopic (exact) mass is 357 g/mol. The third kappa shape index (κ3) is 4.00. The van der Waals surface area contributed by atoms with Crippen LogP contribution >= 0.6 is 0 Å². The van der Waals surface area contributed by atoms with Crippen LogP contribution in [0.25, 0.3) is 0 Å². The summed E-state index contributed by atoms with van der Waals surface area (Å²) in [5.74, 6) is -1.65. The van der Waals surface area contributed by atoms with Crippen molar-refractivity contribution in [1.29, 1.82) is 0 Å². The molecule has 136 valence electrons. The molecule has 3 rings (SSSR count). The number of hydrogen-bond donors (Lipinski definition) is 2. The number of nitrogens with two attached hydrogens (primary N) is 1. The lowest BCUT2D eigenvalue weighted by molar-refractivity contribution is 0.0735. The van der Waals surface area contributed by atoms with E-state index in [0.717, 1.165) is 13.1 Å². The normalized spacial score (nSPS) is 14.1. The Labute approximate surface area is 150 Å². The minimum absolute atomic E-state index is 0.0157. The van der Waals surface area contributed by atoms with Crippen LogP contribution in [0.1, 0.15) is 26.3 Å². The van der Waals surface area contributed by atoms with Gasteiger partial charge in [0.25, 0.3) is 11.8 Å². The van der Waals surface area contributed by atoms with Crippen LogP contribution in [0, 0.1) is 5.82 Å². The number of halogens is 1. The van der Waals surface area contributed by atoms with Crippen molar-refractivity contribution in [2.24, 2.45) is 5.73 Å². The molecule has 1 aliphatic heterocycles. The van der Waals surface area contributed by atoms with Crippen molar-refractivity contribution >= 4 is 11.8 Å². The van der Waals surface area contributed by atoms with Gasteiger partial charge in [-0.05, 0) is 29.8 Å². The molecule has 1 heterocycles. The minimum atomic E-state index is -0.762. The van der Waals surface area contributed by atoms with E-state index in [2.05, 4.69) is 5.32 Å². The number of benzene rings is 2. The molecule has 3 N–H and O–H groups in total. The van der Waals surface area contributed by atoms with Crippen molar-refractivity contribution < 1.29 is 18.7 Å². The third-order valence-electron chi connectivity index (χ3n) is 4.19. The fourth-order valence-electron chi connectivity index (χ4n) is 2.85. The quantitative estimate of drug-likeness (QED) is 0.850. The molecule has 6 nitrogen and oxygen atoms in total. The van der Waals surface area contributed by atoms with Gasteiger partial charge in [-0.15, -0.1) is 0 Å². The number of carbonyl (C=O) groups excluding carboxylic acids is 2. The van der Waals surface area contributed by atoms with Gasteiger partial charge in [-0.1, -0.05) is 18.2 Å². The van der Waals surface area contributed by atoms with E-state index in [1.165, 1.54) is 18.2 Å². The maximum atomic E-state index is 14.0. The van der Waals surface area contributed by atoms with Crippen LogP contribution in [0.4, 0.5) is 4.39 Å². The SMILES string of the molecule is NC(=O)c1cccc(F)c1OCc1cccc(C(=O)N2CCNCC2)c1. The smallest absolute Gasteiger partial charge is 0.253 e. The van der Waals surface area contributed by atoms with E-state index in [4.69, 9.17) is 10.5 Å². The molecule has 0 unspecified atom stereocenters. The van der Waals surface area contributed by atoms with Gasteiger partial charge in [0.05, 0.1) is 5.56 Å². The largest absolute Gasteiger partial charge is 0.485 e. The number of nitrogens with zero attached hydrogens (tertiary/aromatic N) is 1. The Hall–Kier alpha value is -2.93. The lowest BCUT2D eigenvalue weighted by Gasteiger charge is -2.27. The number of carbonyl (C=O) groups is 2. The van der Waals surface area contributed by atoms with Crippen molar-refractivity contribution in [1.82, 2.24) is 10.2 Å². The Morgan fingerprint density at radius 3 is 2.62 bits per heavy atom. The Balaban J connectivity index is 1.74. The molecule has 2 aromatic rings. The second kappa shape index (κ2) is 7.97. The summed E-state index contributed by atoms with van der Waals surface area (Å²) in [4.78, 5) is 25.8. The Morgan fingerprint density at radius 1 is 1.15 bits per heavy atom. The lowest BCUT2D eigenvalue weighted by Crippen LogP contribution is -2.46. The minimum Gasteiger partial charge on any atom is -0.485 e. The fraction of sp³-hybridized carbons (Fsp3) is 0.263. The second-order valence-electron chi connectivity index (χ2n) is 6.01. The van der Waals surface area contributed by atoms with Gasteiger partial charge in [-0.2, -0.15) is 0 Å². The third-order valence-corrected chi connectivity index (χ3v) is 4.19. The molecular formula is C19H20FN3O3. The van der Waals surface area contributed by atoms with Crippen molar-refractivity contribution in [3.8, 4) is 5.75 Å². The predicted octanol–water partition coefficient (Wildman–Crippen LogP) is 1.55. The summed E-state index contributed by atoms with van der Waals surface area (Å²) in [6, 6.07) is 11.0. The highest BCUT2D eigenvalue weighted by Gasteiger charge is 2.18. The average molecular weight is 357 g/mol. The molecule has 0 aliphatic carbocycles. The summed E-state index contributed by atoms with van der Waals surface area (Å²) in [6.07, 6.45) is 0. The fourth-order valence-corrected chi connectivity index (χ4v) is 2.85. The Morgan fingerprint density at radius 2 is 1.88 bits per heavy atom. The Bertz CT molecular complexity index is 819. The van der Waals surface area contributed by atoms with Gasteiger partial charge in [0.2, 0.25) is 0 Å². The molecule has 0 bridgehead atoms. The van der Waals surface area contributed by atoms with E-state index in [0.29, 0.717) is 24.2 Å². The standard InChI is InChI=1S/C19H20FN3O3/c20-16-6-2-5-15(18(21)24)17(16)26-12-13-3-1-4-14(11-13)19(25)23-9-7-22-8-10-23/h1-6,11,22H,7-10,12H2,(H2,21,24). The summed E-state index contributed by atoms with van der Waals surface area (Å²) in [7, 11) is 0. The number of ether oxygens (including phenoxy) is 1. The molecule has 0 aromatic heterocycles. The van der Waals surface area contributed by atoms with Crippen molar-refractivity contribution in [2.45, 2.75) is 6.61 Å². The van der Waals surface area contributed by atoms with E-state index in [-0.39, 0.29) is 23.8 Å². The molecule has 1 fully saturated rings. The molecule has 0 saturated carbocycles. The van der Waals surface area contributed by atoms with Gasteiger partial charge >= 0.3 is 0 Å². The highest BCUT2D eigenvalue weighted by Crippen LogP contribution is 2.23. The molecule has 1 saturated heterocycles. The van der Waals surface area contributed by atoms with Gasteiger partial charge in [0, 0.05) is 31.7 Å². The first-order valence-electron chi connectivity index (χ1n) is 8.36. The van der Waals surface area contributed by atoms with E-state index in [1.807, 2.05) is 0 Å². The van der Waals surface area contributed by atoms with E-state index >= 15 is 0 Å². The zero-order valence-electron chi connectivity index (χ0n) is 14.2. The predicted molar refractivity (Wildman–Crippen MR) is 94.5 cm³/mol. The molecule has 0 radical (unpaired) electrons. The van der Waals surface area contributed by atoms with Crippen LogP contribution in [0.5, 0.6) is 5.75 Å². The van der Waals surface area contributed by atoms with E-state index in [1.54, 1.807) is 29.2 Å². The van der Waals surface area contributed by atoms with Gasteiger partial charge in [0.15, 0.2) is 11.6 Å². The number of para-hydroxylation sites is 1. The maximum Gasteiger partial charge on any atom is 0.253 e. The summed E-state index contributed by atoms with van der Waals surface area (Å²) in [5, 5.41) is 3.20. The van der Waals surface area contributed by atoms with Gasteiger partial charge in [-0.25, -0.2) is 4.39 Å². The van der Waals surface area contributed by atoms with Crippen LogP contribution in [-0.2, 0) is 6.61 Å². The van der Waals surface area contributed by atoms with E-state index < -0.39 is 11.7 Å². The van der Waals surface area contributed by atoms with Crippen LogP contribution < -0.4 is 15.8 Å². The van der Waals surface area contributed by atoms with Crippen molar-refractivity contribution in [3.05, 3.63) is 65.0 Å². The average Bonchev–Trinajstić information content (AvgIpc) is 2.67. The van der Waals surface area contributed by atoms with Gasteiger partial charge in [-0.3, -0.25) is 9.59 Å². The number of hydrogen-bond acceptors (Lipinski definition) is 4. The molecule has 2 aromatic carbocycles. The highest BCUT2D eigenvalue weighted by atomic mass is 19.1. The number of rotatable bonds is 5. The first kappa shape index (κ1) is 17.9. The Kier molecular flexibility index (Phi) is 5.48. The topological polar surface area (TPSA) is 84.7 Å². The zero-order valence-corrected chi connectivity index (χ0v) is 14.2. The first-order chi connectivity index (χ1) is 12.6. The summed E-state index contributed by atoms with van der Waals surface area (Å²) in [6.45, 7) is 2.90. The molecule has 2 amide bonds. The molecule has 0 atom stereocenters. The number of primary amides is 1. The summed E-state index contributed by atoms with van der Waals surface area (Å²) >= 11 is 0. The lowest BCUT2D eigenvalue weighted by atomic mass is 10.1. The first-order valence-corrected chi connectivity index (χ1v) is 8.36. The van der Waals surface area contributed by atoms with Gasteiger partial charge in [0.1, 0.15) is 6.61 Å². The van der Waals surface area contributed by atoms with Crippen molar-refractivity contribution in [3.63, 3.8) is 0 Å². The molecule has 7 heteroatoms. The van der Waals surface area contributed by atoms with E-state index in [9.17, 15) is 14.0 Å². The molecular weight excluding hydrogens is 337 g/mol. The molecule has 0 spiro atoms. The van der Waals surface area contributed by atoms with Crippen LogP contribution in [0.3, 0.4) is 0 Å². The molecule has 1 aliphatic rings. The van der Waals surface area contributed by atoms with Crippen LogP contribution in [-0.4, -0.2) is 42.9 Å².